The molecular weight excluding hydrogens is 246 g/mol. The normalized spacial score (nSPS) is 17.3. The zero-order valence-corrected chi connectivity index (χ0v) is 11.9. The van der Waals surface area contributed by atoms with Crippen LogP contribution in [0.2, 0.25) is 0 Å². The molecule has 1 saturated heterocycles. The van der Waals surface area contributed by atoms with Gasteiger partial charge in [-0.15, -0.1) is 11.3 Å². The van der Waals surface area contributed by atoms with Gasteiger partial charge < -0.3 is 15.4 Å². The lowest BCUT2D eigenvalue weighted by Crippen LogP contribution is -2.37. The average molecular weight is 269 g/mol. The van der Waals surface area contributed by atoms with E-state index in [4.69, 9.17) is 10.5 Å². The molecule has 2 N–H and O–H groups in total. The highest BCUT2D eigenvalue weighted by molar-refractivity contribution is 7.13. The van der Waals surface area contributed by atoms with Gasteiger partial charge in [0, 0.05) is 25.1 Å². The molecule has 0 bridgehead atoms. The van der Waals surface area contributed by atoms with Gasteiger partial charge in [0.1, 0.15) is 0 Å². The molecule has 0 saturated carbocycles. The number of nitrogens with two attached hydrogens (primary N) is 1. The third kappa shape index (κ3) is 3.67. The quantitative estimate of drug-likeness (QED) is 0.803. The van der Waals surface area contributed by atoms with Crippen LogP contribution in [0.25, 0.3) is 0 Å². The van der Waals surface area contributed by atoms with E-state index in [0.717, 1.165) is 51.9 Å². The van der Waals surface area contributed by atoms with Gasteiger partial charge in [0.15, 0.2) is 5.13 Å². The van der Waals surface area contributed by atoms with Crippen LogP contribution in [-0.4, -0.2) is 37.3 Å². The molecule has 102 valence electrons. The number of ether oxygens (including phenoxy) is 1. The van der Waals surface area contributed by atoms with E-state index in [1.165, 1.54) is 10.8 Å². The molecule has 0 unspecified atom stereocenters. The molecule has 5 heteroatoms. The second kappa shape index (κ2) is 7.07. The molecule has 0 atom stereocenters. The van der Waals surface area contributed by atoms with Crippen molar-refractivity contribution in [2.24, 2.45) is 5.73 Å². The Bertz CT molecular complexity index is 348. The van der Waals surface area contributed by atoms with Crippen molar-refractivity contribution in [3.8, 4) is 0 Å². The molecule has 4 nitrogen and oxygen atoms in total. The highest BCUT2D eigenvalue weighted by Crippen LogP contribution is 2.25. The lowest BCUT2D eigenvalue weighted by molar-refractivity contribution is 0.0366. The largest absolute Gasteiger partial charge is 0.378 e. The number of hydrogen-bond acceptors (Lipinski definition) is 5. The van der Waals surface area contributed by atoms with Crippen molar-refractivity contribution in [1.82, 2.24) is 4.98 Å². The predicted octanol–water partition coefficient (Wildman–Crippen LogP) is 2.04. The van der Waals surface area contributed by atoms with E-state index in [1.807, 2.05) is 0 Å². The van der Waals surface area contributed by atoms with E-state index >= 15 is 0 Å². The van der Waals surface area contributed by atoms with Gasteiger partial charge in [0.25, 0.3) is 0 Å². The van der Waals surface area contributed by atoms with E-state index in [1.54, 1.807) is 11.3 Å². The molecular formula is C13H23N3OS. The number of anilines is 1. The molecule has 0 aromatic carbocycles. The molecule has 0 aliphatic carbocycles. The second-order valence-corrected chi connectivity index (χ2v) is 5.51. The Hall–Kier alpha value is -0.650. The summed E-state index contributed by atoms with van der Waals surface area (Å²) in [5.74, 6) is 0. The molecule has 0 spiro atoms. The van der Waals surface area contributed by atoms with Crippen LogP contribution in [0, 0.1) is 0 Å². The third-order valence-corrected chi connectivity index (χ3v) is 4.27. The average Bonchev–Trinajstić information content (AvgIpc) is 2.89. The predicted molar refractivity (Wildman–Crippen MR) is 76.4 cm³/mol. The first kappa shape index (κ1) is 13.8. The van der Waals surface area contributed by atoms with Crippen molar-refractivity contribution < 1.29 is 4.74 Å². The van der Waals surface area contributed by atoms with Crippen molar-refractivity contribution in [3.05, 3.63) is 11.1 Å². The molecule has 18 heavy (non-hydrogen) atoms. The third-order valence-electron chi connectivity index (χ3n) is 3.32. The summed E-state index contributed by atoms with van der Waals surface area (Å²) >= 11 is 1.76. The highest BCUT2D eigenvalue weighted by Gasteiger charge is 2.21. The van der Waals surface area contributed by atoms with E-state index < -0.39 is 0 Å². The van der Waals surface area contributed by atoms with E-state index in [-0.39, 0.29) is 0 Å². The monoisotopic (exact) mass is 269 g/mol. The SMILES string of the molecule is CCc1csc(N2CCC(OCCCN)CC2)n1. The lowest BCUT2D eigenvalue weighted by atomic mass is 10.1. The molecule has 0 radical (unpaired) electrons. The van der Waals surface area contributed by atoms with Gasteiger partial charge >= 0.3 is 0 Å². The smallest absolute Gasteiger partial charge is 0.185 e. The second-order valence-electron chi connectivity index (χ2n) is 4.67. The Labute approximate surface area is 113 Å². The number of rotatable bonds is 6. The van der Waals surface area contributed by atoms with Crippen LogP contribution in [0.3, 0.4) is 0 Å². The minimum atomic E-state index is 0.415. The summed E-state index contributed by atoms with van der Waals surface area (Å²) in [6.07, 6.45) is 4.61. The summed E-state index contributed by atoms with van der Waals surface area (Å²) in [7, 11) is 0. The van der Waals surface area contributed by atoms with Crippen LogP contribution in [0.1, 0.15) is 31.9 Å². The Kier molecular flexibility index (Phi) is 5.41. The minimum Gasteiger partial charge on any atom is -0.378 e. The molecule has 0 amide bonds. The molecule has 1 aromatic rings. The van der Waals surface area contributed by atoms with Crippen LogP contribution in [0.15, 0.2) is 5.38 Å². The van der Waals surface area contributed by atoms with E-state index in [2.05, 4.69) is 22.2 Å². The fourth-order valence-corrected chi connectivity index (χ4v) is 3.11. The Morgan fingerprint density at radius 3 is 2.89 bits per heavy atom. The number of hydrogen-bond donors (Lipinski definition) is 1. The number of thiazole rings is 1. The fourth-order valence-electron chi connectivity index (χ4n) is 2.15. The van der Waals surface area contributed by atoms with Crippen molar-refractivity contribution in [1.29, 1.82) is 0 Å². The van der Waals surface area contributed by atoms with Crippen LogP contribution >= 0.6 is 11.3 Å². The Morgan fingerprint density at radius 1 is 1.50 bits per heavy atom. The maximum atomic E-state index is 5.81. The van der Waals surface area contributed by atoms with Gasteiger partial charge in [-0.25, -0.2) is 4.98 Å². The number of aryl methyl sites for hydroxylation is 1. The van der Waals surface area contributed by atoms with Crippen LogP contribution in [-0.2, 0) is 11.2 Å². The lowest BCUT2D eigenvalue weighted by Gasteiger charge is -2.31. The van der Waals surface area contributed by atoms with Gasteiger partial charge in [0.2, 0.25) is 0 Å². The molecule has 2 heterocycles. The summed E-state index contributed by atoms with van der Waals surface area (Å²) in [5.41, 5.74) is 6.67. The first-order chi connectivity index (χ1) is 8.83. The molecule has 1 aromatic heterocycles. The van der Waals surface area contributed by atoms with Gasteiger partial charge in [0.05, 0.1) is 11.8 Å². The maximum Gasteiger partial charge on any atom is 0.185 e. The fraction of sp³-hybridized carbons (Fsp3) is 0.769. The van der Waals surface area contributed by atoms with Crippen molar-refractivity contribution in [2.75, 3.05) is 31.1 Å². The highest BCUT2D eigenvalue weighted by atomic mass is 32.1. The topological polar surface area (TPSA) is 51.4 Å². The number of aromatic nitrogens is 1. The zero-order chi connectivity index (χ0) is 12.8. The maximum absolute atomic E-state index is 5.81. The zero-order valence-electron chi connectivity index (χ0n) is 11.1. The summed E-state index contributed by atoms with van der Waals surface area (Å²) in [6.45, 7) is 5.79. The van der Waals surface area contributed by atoms with Gasteiger partial charge in [-0.05, 0) is 32.2 Å². The van der Waals surface area contributed by atoms with Crippen LogP contribution in [0.5, 0.6) is 0 Å². The van der Waals surface area contributed by atoms with Crippen molar-refractivity contribution in [2.45, 2.75) is 38.7 Å². The summed E-state index contributed by atoms with van der Waals surface area (Å²) in [5, 5.41) is 3.34. The molecule has 1 aliphatic rings. The Balaban J connectivity index is 1.75. The van der Waals surface area contributed by atoms with Gasteiger partial charge in [-0.1, -0.05) is 6.92 Å². The first-order valence-electron chi connectivity index (χ1n) is 6.84. The van der Waals surface area contributed by atoms with Gasteiger partial charge in [-0.3, -0.25) is 0 Å². The molecule has 1 aliphatic heterocycles. The van der Waals surface area contributed by atoms with Crippen LogP contribution in [0.4, 0.5) is 5.13 Å². The van der Waals surface area contributed by atoms with E-state index in [0.29, 0.717) is 6.10 Å². The summed E-state index contributed by atoms with van der Waals surface area (Å²) in [6, 6.07) is 0. The van der Waals surface area contributed by atoms with Crippen molar-refractivity contribution >= 4 is 16.5 Å². The summed E-state index contributed by atoms with van der Waals surface area (Å²) < 4.78 is 5.81. The number of nitrogens with zero attached hydrogens (tertiary/aromatic N) is 2. The standard InChI is InChI=1S/C13H23N3OS/c1-2-11-10-18-13(15-11)16-7-4-12(5-8-16)17-9-3-6-14/h10,12H,2-9,14H2,1H3. The van der Waals surface area contributed by atoms with Crippen LogP contribution < -0.4 is 10.6 Å². The van der Waals surface area contributed by atoms with Gasteiger partial charge in [-0.2, -0.15) is 0 Å². The first-order valence-corrected chi connectivity index (χ1v) is 7.72. The minimum absolute atomic E-state index is 0.415. The van der Waals surface area contributed by atoms with E-state index in [9.17, 15) is 0 Å². The summed E-state index contributed by atoms with van der Waals surface area (Å²) in [4.78, 5) is 7.02. The Morgan fingerprint density at radius 2 is 2.28 bits per heavy atom. The number of piperidine rings is 1. The van der Waals surface area contributed by atoms with Crippen molar-refractivity contribution in [3.63, 3.8) is 0 Å². The molecule has 1 fully saturated rings. The molecule has 2 rings (SSSR count).